The number of carbonyl (C=O) groups is 1. The summed E-state index contributed by atoms with van der Waals surface area (Å²) in [5, 5.41) is 3.02. The van der Waals surface area contributed by atoms with Crippen LogP contribution in [0.5, 0.6) is 11.5 Å². The number of carbonyl (C=O) groups excluding carboxylic acids is 1. The van der Waals surface area contributed by atoms with Gasteiger partial charge in [0.2, 0.25) is 5.91 Å². The van der Waals surface area contributed by atoms with Gasteiger partial charge < -0.3 is 19.4 Å². The zero-order valence-electron chi connectivity index (χ0n) is 18.9. The molecule has 0 aliphatic rings. The van der Waals surface area contributed by atoms with Crippen molar-refractivity contribution in [3.05, 3.63) is 90.3 Å². The molecule has 6 nitrogen and oxygen atoms in total. The smallest absolute Gasteiger partial charge is 0.220 e. The lowest BCUT2D eigenvalue weighted by atomic mass is 10.1. The van der Waals surface area contributed by atoms with E-state index < -0.39 is 0 Å². The maximum atomic E-state index is 12.4. The standard InChI is InChI=1S/C27H29N3O3/c1-2-32-24-14-8-9-15-25(24)33-19-18-30-23-13-7-6-12-22(23)29-26(30)20-28-27(31)17-16-21-10-4-3-5-11-21/h3-15H,2,16-20H2,1H3,(H,28,31). The van der Waals surface area contributed by atoms with Gasteiger partial charge in [0.25, 0.3) is 0 Å². The van der Waals surface area contributed by atoms with Crippen LogP contribution in [0.1, 0.15) is 24.7 Å². The summed E-state index contributed by atoms with van der Waals surface area (Å²) in [5.41, 5.74) is 3.08. The molecule has 3 aromatic carbocycles. The molecule has 1 aromatic heterocycles. The van der Waals surface area contributed by atoms with Crippen LogP contribution in [0.25, 0.3) is 11.0 Å². The maximum absolute atomic E-state index is 12.4. The molecule has 170 valence electrons. The van der Waals surface area contributed by atoms with Crippen LogP contribution in [-0.4, -0.2) is 28.7 Å². The Morgan fingerprint density at radius 3 is 2.39 bits per heavy atom. The Bertz CT molecular complexity index is 1190. The number of fused-ring (bicyclic) bond motifs is 1. The predicted octanol–water partition coefficient (Wildman–Crippen LogP) is 4.76. The summed E-state index contributed by atoms with van der Waals surface area (Å²) in [4.78, 5) is 17.2. The number of imidazole rings is 1. The Morgan fingerprint density at radius 1 is 0.909 bits per heavy atom. The normalized spacial score (nSPS) is 10.8. The number of para-hydroxylation sites is 4. The molecule has 1 amide bonds. The van der Waals surface area contributed by atoms with E-state index in [1.807, 2.05) is 85.8 Å². The number of ether oxygens (including phenoxy) is 2. The van der Waals surface area contributed by atoms with E-state index in [4.69, 9.17) is 14.5 Å². The second kappa shape index (κ2) is 11.2. The van der Waals surface area contributed by atoms with E-state index in [1.54, 1.807) is 0 Å². The minimum Gasteiger partial charge on any atom is -0.490 e. The molecular formula is C27H29N3O3. The molecule has 0 radical (unpaired) electrons. The quantitative estimate of drug-likeness (QED) is 0.363. The van der Waals surface area contributed by atoms with E-state index in [9.17, 15) is 4.79 Å². The Hall–Kier alpha value is -3.80. The molecule has 6 heteroatoms. The average molecular weight is 444 g/mol. The van der Waals surface area contributed by atoms with Crippen molar-refractivity contribution in [1.29, 1.82) is 0 Å². The zero-order valence-corrected chi connectivity index (χ0v) is 18.9. The minimum atomic E-state index is 0.0133. The van der Waals surface area contributed by atoms with Gasteiger partial charge in [0.05, 0.1) is 30.7 Å². The zero-order chi connectivity index (χ0) is 22.9. The lowest BCUT2D eigenvalue weighted by Gasteiger charge is -2.14. The van der Waals surface area contributed by atoms with Crippen molar-refractivity contribution in [2.24, 2.45) is 0 Å². The third-order valence-electron chi connectivity index (χ3n) is 5.38. The Balaban J connectivity index is 1.40. The van der Waals surface area contributed by atoms with Crippen LogP contribution in [0.4, 0.5) is 0 Å². The van der Waals surface area contributed by atoms with Crippen molar-refractivity contribution in [2.75, 3.05) is 13.2 Å². The van der Waals surface area contributed by atoms with Gasteiger partial charge in [-0.05, 0) is 43.2 Å². The van der Waals surface area contributed by atoms with E-state index in [2.05, 4.69) is 9.88 Å². The lowest BCUT2D eigenvalue weighted by Crippen LogP contribution is -2.25. The molecule has 0 unspecified atom stereocenters. The molecule has 0 saturated heterocycles. The molecule has 0 atom stereocenters. The van der Waals surface area contributed by atoms with Gasteiger partial charge in [-0.25, -0.2) is 4.98 Å². The van der Waals surface area contributed by atoms with Crippen LogP contribution in [0.3, 0.4) is 0 Å². The van der Waals surface area contributed by atoms with Gasteiger partial charge in [-0.15, -0.1) is 0 Å². The number of hydrogen-bond acceptors (Lipinski definition) is 4. The maximum Gasteiger partial charge on any atom is 0.220 e. The van der Waals surface area contributed by atoms with Crippen LogP contribution >= 0.6 is 0 Å². The summed E-state index contributed by atoms with van der Waals surface area (Å²) in [5.74, 6) is 2.28. The van der Waals surface area contributed by atoms with Gasteiger partial charge in [-0.2, -0.15) is 0 Å². The third kappa shape index (κ3) is 5.92. The molecule has 0 fully saturated rings. The fourth-order valence-electron chi connectivity index (χ4n) is 3.77. The number of aryl methyl sites for hydroxylation is 1. The molecule has 0 spiro atoms. The summed E-state index contributed by atoms with van der Waals surface area (Å²) in [6.45, 7) is 3.98. The van der Waals surface area contributed by atoms with Crippen molar-refractivity contribution < 1.29 is 14.3 Å². The van der Waals surface area contributed by atoms with Crippen molar-refractivity contribution in [3.8, 4) is 11.5 Å². The van der Waals surface area contributed by atoms with Crippen LogP contribution in [0.2, 0.25) is 0 Å². The van der Waals surface area contributed by atoms with E-state index >= 15 is 0 Å². The molecule has 33 heavy (non-hydrogen) atoms. The van der Waals surface area contributed by atoms with Crippen LogP contribution in [0.15, 0.2) is 78.9 Å². The highest BCUT2D eigenvalue weighted by Crippen LogP contribution is 2.26. The second-order valence-electron chi connectivity index (χ2n) is 7.66. The topological polar surface area (TPSA) is 65.4 Å². The summed E-state index contributed by atoms with van der Waals surface area (Å²) in [7, 11) is 0. The first-order chi connectivity index (χ1) is 16.2. The highest BCUT2D eigenvalue weighted by molar-refractivity contribution is 5.77. The van der Waals surface area contributed by atoms with E-state index in [-0.39, 0.29) is 5.91 Å². The Labute approximate surface area is 194 Å². The van der Waals surface area contributed by atoms with Crippen molar-refractivity contribution in [1.82, 2.24) is 14.9 Å². The SMILES string of the molecule is CCOc1ccccc1OCCn1c(CNC(=O)CCc2ccccc2)nc2ccccc21. The average Bonchev–Trinajstić information content (AvgIpc) is 3.21. The molecule has 0 bridgehead atoms. The highest BCUT2D eigenvalue weighted by Gasteiger charge is 2.12. The fraction of sp³-hybridized carbons (Fsp3) is 0.259. The number of benzene rings is 3. The second-order valence-corrected chi connectivity index (χ2v) is 7.66. The number of nitrogens with zero attached hydrogens (tertiary/aromatic N) is 2. The van der Waals surface area contributed by atoms with E-state index in [1.165, 1.54) is 0 Å². The summed E-state index contributed by atoms with van der Waals surface area (Å²) in [6, 6.07) is 25.7. The summed E-state index contributed by atoms with van der Waals surface area (Å²) >= 11 is 0. The van der Waals surface area contributed by atoms with E-state index in [0.29, 0.717) is 32.7 Å². The Morgan fingerprint density at radius 2 is 1.61 bits per heavy atom. The lowest BCUT2D eigenvalue weighted by molar-refractivity contribution is -0.121. The molecule has 4 aromatic rings. The summed E-state index contributed by atoms with van der Waals surface area (Å²) < 4.78 is 13.8. The number of amides is 1. The molecule has 4 rings (SSSR count). The minimum absolute atomic E-state index is 0.0133. The summed E-state index contributed by atoms with van der Waals surface area (Å²) in [6.07, 6.45) is 1.16. The van der Waals surface area contributed by atoms with Crippen LogP contribution in [-0.2, 0) is 24.3 Å². The van der Waals surface area contributed by atoms with Crippen LogP contribution < -0.4 is 14.8 Å². The largest absolute Gasteiger partial charge is 0.490 e. The molecule has 0 aliphatic carbocycles. The number of hydrogen-bond donors (Lipinski definition) is 1. The monoisotopic (exact) mass is 443 g/mol. The molecular weight excluding hydrogens is 414 g/mol. The fourth-order valence-corrected chi connectivity index (χ4v) is 3.77. The Kier molecular flexibility index (Phi) is 7.59. The first kappa shape index (κ1) is 22.4. The highest BCUT2D eigenvalue weighted by atomic mass is 16.5. The van der Waals surface area contributed by atoms with Crippen molar-refractivity contribution >= 4 is 16.9 Å². The van der Waals surface area contributed by atoms with E-state index in [0.717, 1.165) is 40.3 Å². The van der Waals surface area contributed by atoms with Crippen LogP contribution in [0, 0.1) is 0 Å². The predicted molar refractivity (Wildman–Crippen MR) is 129 cm³/mol. The van der Waals surface area contributed by atoms with Gasteiger partial charge in [-0.3, -0.25) is 4.79 Å². The van der Waals surface area contributed by atoms with Crippen molar-refractivity contribution in [3.63, 3.8) is 0 Å². The number of nitrogens with one attached hydrogen (secondary N) is 1. The van der Waals surface area contributed by atoms with Gasteiger partial charge in [0, 0.05) is 6.42 Å². The van der Waals surface area contributed by atoms with Gasteiger partial charge in [0.1, 0.15) is 12.4 Å². The third-order valence-corrected chi connectivity index (χ3v) is 5.38. The molecule has 0 aliphatic heterocycles. The van der Waals surface area contributed by atoms with Gasteiger partial charge in [0.15, 0.2) is 11.5 Å². The van der Waals surface area contributed by atoms with Crippen molar-refractivity contribution in [2.45, 2.75) is 32.9 Å². The molecule has 1 N–H and O–H groups in total. The molecule has 1 heterocycles. The van der Waals surface area contributed by atoms with Gasteiger partial charge >= 0.3 is 0 Å². The van der Waals surface area contributed by atoms with Gasteiger partial charge in [-0.1, -0.05) is 54.6 Å². The first-order valence-electron chi connectivity index (χ1n) is 11.3. The number of rotatable bonds is 11. The molecule has 0 saturated carbocycles. The number of aromatic nitrogens is 2. The first-order valence-corrected chi connectivity index (χ1v) is 11.3.